The van der Waals surface area contributed by atoms with E-state index in [1.165, 1.54) is 35.2 Å². The number of benzene rings is 1. The summed E-state index contributed by atoms with van der Waals surface area (Å²) in [6.07, 6.45) is 1.42. The van der Waals surface area contributed by atoms with Crippen molar-refractivity contribution >= 4 is 45.6 Å². The molecule has 7 nitrogen and oxygen atoms in total. The highest BCUT2D eigenvalue weighted by molar-refractivity contribution is 7.17. The second-order valence-corrected chi connectivity index (χ2v) is 7.95. The Morgan fingerprint density at radius 1 is 1.07 bits per heavy atom. The topological polar surface area (TPSA) is 86.0 Å². The fraction of sp³-hybridized carbons (Fsp3) is 0.100. The van der Waals surface area contributed by atoms with Crippen LogP contribution in [-0.4, -0.2) is 20.0 Å². The number of rotatable bonds is 3. The van der Waals surface area contributed by atoms with E-state index in [4.69, 9.17) is 11.6 Å². The number of aromatic nitrogens is 3. The van der Waals surface area contributed by atoms with Gasteiger partial charge < -0.3 is 5.32 Å². The van der Waals surface area contributed by atoms with E-state index in [0.717, 1.165) is 15.0 Å². The average Bonchev–Trinajstić information content (AvgIpc) is 3.21. The Labute approximate surface area is 173 Å². The van der Waals surface area contributed by atoms with E-state index in [1.807, 2.05) is 18.2 Å². The van der Waals surface area contributed by atoms with Crippen LogP contribution in [-0.2, 0) is 14.1 Å². The van der Waals surface area contributed by atoms with Crippen molar-refractivity contribution < 1.29 is 4.79 Å². The molecule has 0 aliphatic rings. The van der Waals surface area contributed by atoms with Gasteiger partial charge in [-0.2, -0.15) is 0 Å². The molecule has 29 heavy (non-hydrogen) atoms. The number of amides is 1. The molecule has 4 aromatic rings. The average molecular weight is 427 g/mol. The van der Waals surface area contributed by atoms with Crippen LogP contribution in [0.15, 0.2) is 58.3 Å². The van der Waals surface area contributed by atoms with Gasteiger partial charge >= 0.3 is 5.69 Å². The second kappa shape index (κ2) is 7.31. The first-order valence-corrected chi connectivity index (χ1v) is 9.77. The molecule has 3 heterocycles. The lowest BCUT2D eigenvalue weighted by Crippen LogP contribution is -2.37. The third-order valence-electron chi connectivity index (χ3n) is 4.51. The Balaban J connectivity index is 1.63. The largest absolute Gasteiger partial charge is 0.332 e. The molecule has 0 fully saturated rings. The van der Waals surface area contributed by atoms with Crippen molar-refractivity contribution in [2.75, 3.05) is 5.32 Å². The molecule has 0 aliphatic heterocycles. The molecule has 9 heteroatoms. The standard InChI is InChI=1S/C20H15ClN4O3S/c1-24-17-14(19(27)25(2)20(24)28)9-13(10-22-17)23-18(26)16-8-7-15(29-16)11-3-5-12(21)6-4-11/h3-10H,1-2H3,(H,23,26). The summed E-state index contributed by atoms with van der Waals surface area (Å²) in [5.41, 5.74) is 0.681. The number of anilines is 1. The van der Waals surface area contributed by atoms with Crippen molar-refractivity contribution in [2.45, 2.75) is 0 Å². The maximum Gasteiger partial charge on any atom is 0.332 e. The highest BCUT2D eigenvalue weighted by atomic mass is 35.5. The summed E-state index contributed by atoms with van der Waals surface area (Å²) >= 11 is 7.26. The van der Waals surface area contributed by atoms with Crippen LogP contribution in [0.25, 0.3) is 21.5 Å². The number of carbonyl (C=O) groups is 1. The highest BCUT2D eigenvalue weighted by Crippen LogP contribution is 2.29. The quantitative estimate of drug-likeness (QED) is 0.544. The van der Waals surface area contributed by atoms with Gasteiger partial charge in [-0.05, 0) is 35.9 Å². The summed E-state index contributed by atoms with van der Waals surface area (Å²) in [5, 5.41) is 3.66. The van der Waals surface area contributed by atoms with Gasteiger partial charge in [-0.25, -0.2) is 9.78 Å². The number of nitrogens with one attached hydrogen (secondary N) is 1. The Kier molecular flexibility index (Phi) is 4.81. The number of thiophene rings is 1. The molecule has 1 aromatic carbocycles. The molecule has 0 spiro atoms. The first kappa shape index (κ1) is 19.1. The molecule has 0 atom stereocenters. The molecule has 0 aliphatic carbocycles. The predicted octanol–water partition coefficient (Wildman–Crippen LogP) is 3.27. The second-order valence-electron chi connectivity index (χ2n) is 6.43. The van der Waals surface area contributed by atoms with E-state index >= 15 is 0 Å². The predicted molar refractivity (Wildman–Crippen MR) is 115 cm³/mol. The van der Waals surface area contributed by atoms with Gasteiger partial charge in [-0.15, -0.1) is 11.3 Å². The summed E-state index contributed by atoms with van der Waals surface area (Å²) in [6, 6.07) is 12.5. The number of fused-ring (bicyclic) bond motifs is 1. The molecule has 4 rings (SSSR count). The first-order valence-electron chi connectivity index (χ1n) is 8.58. The highest BCUT2D eigenvalue weighted by Gasteiger charge is 2.14. The molecule has 0 unspecified atom stereocenters. The number of carbonyl (C=O) groups excluding carboxylic acids is 1. The molecule has 0 saturated heterocycles. The lowest BCUT2D eigenvalue weighted by Gasteiger charge is -2.08. The molecule has 146 valence electrons. The minimum Gasteiger partial charge on any atom is -0.320 e. The van der Waals surface area contributed by atoms with Gasteiger partial charge in [0.1, 0.15) is 5.65 Å². The lowest BCUT2D eigenvalue weighted by molar-refractivity contribution is 0.103. The van der Waals surface area contributed by atoms with Crippen molar-refractivity contribution in [1.29, 1.82) is 0 Å². The fourth-order valence-electron chi connectivity index (χ4n) is 2.96. The zero-order valence-corrected chi connectivity index (χ0v) is 17.0. The normalized spacial score (nSPS) is 11.0. The van der Waals surface area contributed by atoms with E-state index in [0.29, 0.717) is 15.6 Å². The fourth-order valence-corrected chi connectivity index (χ4v) is 3.99. The Morgan fingerprint density at radius 3 is 2.52 bits per heavy atom. The van der Waals surface area contributed by atoms with Crippen LogP contribution in [0, 0.1) is 0 Å². The minimum absolute atomic E-state index is 0.250. The van der Waals surface area contributed by atoms with E-state index < -0.39 is 11.2 Å². The number of nitrogens with zero attached hydrogens (tertiary/aromatic N) is 3. The molecule has 0 bridgehead atoms. The molecule has 1 N–H and O–H groups in total. The SMILES string of the molecule is Cn1c(=O)c2cc(NC(=O)c3ccc(-c4ccc(Cl)cc4)s3)cnc2n(C)c1=O. The zero-order chi connectivity index (χ0) is 20.7. The van der Waals surface area contributed by atoms with E-state index in [9.17, 15) is 14.4 Å². The first-order chi connectivity index (χ1) is 13.8. The summed E-state index contributed by atoms with van der Waals surface area (Å²) in [5.74, 6) is -0.307. The minimum atomic E-state index is -0.465. The number of halogens is 1. The number of aryl methyl sites for hydroxylation is 1. The summed E-state index contributed by atoms with van der Waals surface area (Å²) in [6.45, 7) is 0. The van der Waals surface area contributed by atoms with Crippen LogP contribution >= 0.6 is 22.9 Å². The van der Waals surface area contributed by atoms with Crippen LogP contribution in [0.3, 0.4) is 0 Å². The van der Waals surface area contributed by atoms with E-state index in [1.54, 1.807) is 25.2 Å². The molecule has 1 amide bonds. The van der Waals surface area contributed by atoms with Gasteiger partial charge in [0.15, 0.2) is 0 Å². The molecule has 0 saturated carbocycles. The maximum atomic E-state index is 12.6. The van der Waals surface area contributed by atoms with Gasteiger partial charge in [-0.3, -0.25) is 18.7 Å². The Hall–Kier alpha value is -3.23. The van der Waals surface area contributed by atoms with Gasteiger partial charge in [0.2, 0.25) is 0 Å². The number of pyridine rings is 1. The Morgan fingerprint density at radius 2 is 1.79 bits per heavy atom. The number of hydrogen-bond acceptors (Lipinski definition) is 5. The molecule has 3 aromatic heterocycles. The van der Waals surface area contributed by atoms with Crippen molar-refractivity contribution in [2.24, 2.45) is 14.1 Å². The van der Waals surface area contributed by atoms with Gasteiger partial charge in [0.05, 0.1) is 22.1 Å². The van der Waals surface area contributed by atoms with Crippen LogP contribution in [0.4, 0.5) is 5.69 Å². The van der Waals surface area contributed by atoms with Crippen LogP contribution in [0.1, 0.15) is 9.67 Å². The van der Waals surface area contributed by atoms with Crippen LogP contribution in [0.5, 0.6) is 0 Å². The van der Waals surface area contributed by atoms with Crippen molar-refractivity contribution in [3.8, 4) is 10.4 Å². The zero-order valence-electron chi connectivity index (χ0n) is 15.5. The van der Waals surface area contributed by atoms with Crippen molar-refractivity contribution in [3.05, 3.63) is 79.4 Å². The Bertz CT molecular complexity index is 1370. The monoisotopic (exact) mass is 426 g/mol. The van der Waals surface area contributed by atoms with Crippen molar-refractivity contribution in [1.82, 2.24) is 14.1 Å². The molecule has 0 radical (unpaired) electrons. The third-order valence-corrected chi connectivity index (χ3v) is 5.89. The third kappa shape index (κ3) is 3.48. The number of hydrogen-bond donors (Lipinski definition) is 1. The van der Waals surface area contributed by atoms with Gasteiger partial charge in [-0.1, -0.05) is 23.7 Å². The molecular formula is C20H15ClN4O3S. The lowest BCUT2D eigenvalue weighted by atomic mass is 10.2. The smallest absolute Gasteiger partial charge is 0.320 e. The summed E-state index contributed by atoms with van der Waals surface area (Å²) in [4.78, 5) is 42.6. The van der Waals surface area contributed by atoms with E-state index in [-0.39, 0.29) is 16.9 Å². The van der Waals surface area contributed by atoms with Gasteiger partial charge in [0.25, 0.3) is 11.5 Å². The summed E-state index contributed by atoms with van der Waals surface area (Å²) in [7, 11) is 2.94. The van der Waals surface area contributed by atoms with E-state index in [2.05, 4.69) is 10.3 Å². The van der Waals surface area contributed by atoms with Gasteiger partial charge in [0, 0.05) is 24.0 Å². The summed E-state index contributed by atoms with van der Waals surface area (Å²) < 4.78 is 2.30. The van der Waals surface area contributed by atoms with Crippen LogP contribution < -0.4 is 16.6 Å². The van der Waals surface area contributed by atoms with Crippen LogP contribution in [0.2, 0.25) is 5.02 Å². The van der Waals surface area contributed by atoms with Crippen molar-refractivity contribution in [3.63, 3.8) is 0 Å². The molecular weight excluding hydrogens is 412 g/mol. The maximum absolute atomic E-state index is 12.6.